The SMILES string of the molecule is CCCn1c(=O)c2c(nc3cc(OC)ccn32)n(CCCNC(=O)c2cccc(S(=O)(=O)F)c2)c1=O. The lowest BCUT2D eigenvalue weighted by Gasteiger charge is -2.11. The quantitative estimate of drug-likeness (QED) is 0.264. The normalized spacial score (nSPS) is 11.8. The largest absolute Gasteiger partial charge is 0.497 e. The summed E-state index contributed by atoms with van der Waals surface area (Å²) in [4.78, 5) is 42.6. The predicted molar refractivity (Wildman–Crippen MR) is 130 cm³/mol. The first-order chi connectivity index (χ1) is 17.2. The molecule has 190 valence electrons. The molecule has 0 saturated carbocycles. The average Bonchev–Trinajstić information content (AvgIpc) is 3.24. The lowest BCUT2D eigenvalue weighted by molar-refractivity contribution is 0.0952. The maximum absolute atomic E-state index is 13.2. The highest BCUT2D eigenvalue weighted by atomic mass is 32.3. The minimum absolute atomic E-state index is 0.0147. The summed E-state index contributed by atoms with van der Waals surface area (Å²) >= 11 is 0. The highest BCUT2D eigenvalue weighted by molar-refractivity contribution is 7.86. The molecule has 1 amide bonds. The number of halogens is 1. The van der Waals surface area contributed by atoms with Gasteiger partial charge in [-0.1, -0.05) is 13.0 Å². The van der Waals surface area contributed by atoms with Crippen molar-refractivity contribution in [3.05, 3.63) is 69.0 Å². The number of methoxy groups -OCH3 is 1. The van der Waals surface area contributed by atoms with Gasteiger partial charge in [0, 0.05) is 37.5 Å². The maximum Gasteiger partial charge on any atom is 0.332 e. The number of hydrogen-bond acceptors (Lipinski definition) is 7. The Morgan fingerprint density at radius 1 is 1.14 bits per heavy atom. The number of pyridine rings is 1. The van der Waals surface area contributed by atoms with Crippen molar-refractivity contribution in [1.29, 1.82) is 0 Å². The molecular formula is C23H24FN5O6S. The van der Waals surface area contributed by atoms with Gasteiger partial charge in [0.25, 0.3) is 11.5 Å². The third-order valence-electron chi connectivity index (χ3n) is 5.65. The summed E-state index contributed by atoms with van der Waals surface area (Å²) < 4.78 is 44.8. The van der Waals surface area contributed by atoms with E-state index in [4.69, 9.17) is 4.74 Å². The van der Waals surface area contributed by atoms with Crippen LogP contribution in [-0.4, -0.2) is 46.5 Å². The van der Waals surface area contributed by atoms with E-state index in [-0.39, 0.29) is 36.4 Å². The summed E-state index contributed by atoms with van der Waals surface area (Å²) in [6, 6.07) is 7.98. The number of ether oxygens (including phenoxy) is 1. The molecule has 4 aromatic rings. The molecule has 3 aromatic heterocycles. The second-order valence-corrected chi connectivity index (χ2v) is 9.39. The standard InChI is InChI=1S/C23H24FN5O6S/c1-3-10-29-22(31)19-20(26-18-14-16(35-2)8-12-27(18)19)28(23(29)32)11-5-9-25-21(30)15-6-4-7-17(13-15)36(24,33)34/h4,6-8,12-14H,3,5,9-11H2,1-2H3,(H,25,30). The van der Waals surface area contributed by atoms with Crippen LogP contribution < -0.4 is 21.3 Å². The molecule has 13 heteroatoms. The number of carbonyl (C=O) groups is 1. The van der Waals surface area contributed by atoms with Crippen molar-refractivity contribution in [2.45, 2.75) is 37.8 Å². The summed E-state index contributed by atoms with van der Waals surface area (Å²) in [5.41, 5.74) is -0.0376. The van der Waals surface area contributed by atoms with Gasteiger partial charge < -0.3 is 10.1 Å². The van der Waals surface area contributed by atoms with Crippen LogP contribution in [0.25, 0.3) is 16.8 Å². The van der Waals surface area contributed by atoms with Gasteiger partial charge in [-0.15, -0.1) is 3.89 Å². The van der Waals surface area contributed by atoms with Crippen molar-refractivity contribution in [1.82, 2.24) is 23.8 Å². The van der Waals surface area contributed by atoms with Crippen LogP contribution in [0.1, 0.15) is 30.1 Å². The highest BCUT2D eigenvalue weighted by Crippen LogP contribution is 2.18. The van der Waals surface area contributed by atoms with Gasteiger partial charge >= 0.3 is 15.9 Å². The summed E-state index contributed by atoms with van der Waals surface area (Å²) in [6.07, 6.45) is 2.54. The molecule has 0 aliphatic carbocycles. The molecule has 0 saturated heterocycles. The molecule has 4 rings (SSSR count). The van der Waals surface area contributed by atoms with E-state index in [0.717, 1.165) is 12.1 Å². The third-order valence-corrected chi connectivity index (χ3v) is 6.47. The molecule has 1 aromatic carbocycles. The van der Waals surface area contributed by atoms with Gasteiger partial charge in [0.1, 0.15) is 11.4 Å². The number of nitrogens with zero attached hydrogens (tertiary/aromatic N) is 4. The fourth-order valence-electron chi connectivity index (χ4n) is 3.93. The number of nitrogens with one attached hydrogen (secondary N) is 1. The van der Waals surface area contributed by atoms with Crippen LogP contribution in [0.4, 0.5) is 3.89 Å². The van der Waals surface area contributed by atoms with E-state index in [1.165, 1.54) is 28.4 Å². The van der Waals surface area contributed by atoms with Gasteiger partial charge in [0.2, 0.25) is 0 Å². The van der Waals surface area contributed by atoms with Gasteiger partial charge in [-0.25, -0.2) is 9.78 Å². The zero-order valence-electron chi connectivity index (χ0n) is 19.6. The van der Waals surface area contributed by atoms with E-state index >= 15 is 0 Å². The molecule has 0 aliphatic rings. The van der Waals surface area contributed by atoms with Gasteiger partial charge in [-0.3, -0.25) is 23.1 Å². The van der Waals surface area contributed by atoms with Crippen LogP contribution in [0.5, 0.6) is 5.75 Å². The summed E-state index contributed by atoms with van der Waals surface area (Å²) in [7, 11) is -3.42. The maximum atomic E-state index is 13.2. The molecule has 0 aliphatic heterocycles. The second-order valence-electron chi connectivity index (χ2n) is 8.04. The van der Waals surface area contributed by atoms with Gasteiger partial charge in [-0.2, -0.15) is 8.42 Å². The lowest BCUT2D eigenvalue weighted by Crippen LogP contribution is -2.40. The molecule has 1 N–H and O–H groups in total. The zero-order chi connectivity index (χ0) is 26.0. The molecule has 36 heavy (non-hydrogen) atoms. The van der Waals surface area contributed by atoms with E-state index in [1.807, 2.05) is 6.92 Å². The molecule has 3 heterocycles. The van der Waals surface area contributed by atoms with E-state index in [1.54, 1.807) is 22.7 Å². The van der Waals surface area contributed by atoms with Gasteiger partial charge in [-0.05, 0) is 37.1 Å². The van der Waals surface area contributed by atoms with Crippen LogP contribution in [0, 0.1) is 0 Å². The van der Waals surface area contributed by atoms with Crippen LogP contribution >= 0.6 is 0 Å². The number of imidazole rings is 1. The summed E-state index contributed by atoms with van der Waals surface area (Å²) in [5, 5.41) is 2.63. The average molecular weight is 518 g/mol. The Morgan fingerprint density at radius 3 is 2.61 bits per heavy atom. The highest BCUT2D eigenvalue weighted by Gasteiger charge is 2.19. The van der Waals surface area contributed by atoms with E-state index in [9.17, 15) is 26.7 Å². The van der Waals surface area contributed by atoms with Crippen molar-refractivity contribution in [2.24, 2.45) is 0 Å². The minimum Gasteiger partial charge on any atom is -0.497 e. The second kappa shape index (κ2) is 9.93. The summed E-state index contributed by atoms with van der Waals surface area (Å²) in [6.45, 7) is 2.38. The van der Waals surface area contributed by atoms with E-state index < -0.39 is 32.3 Å². The molecule has 0 atom stereocenters. The van der Waals surface area contributed by atoms with Crippen molar-refractivity contribution in [3.63, 3.8) is 0 Å². The molecule has 0 unspecified atom stereocenters. The fraction of sp³-hybridized carbons (Fsp3) is 0.304. The third kappa shape index (κ3) is 4.73. The number of amides is 1. The molecule has 0 spiro atoms. The Kier molecular flexibility index (Phi) is 6.93. The number of benzene rings is 1. The zero-order valence-corrected chi connectivity index (χ0v) is 20.4. The lowest BCUT2D eigenvalue weighted by atomic mass is 10.2. The monoisotopic (exact) mass is 517 g/mol. The number of hydrogen-bond donors (Lipinski definition) is 1. The Labute approximate surface area is 205 Å². The Bertz CT molecular complexity index is 1690. The Balaban J connectivity index is 1.61. The number of rotatable bonds is 9. The summed E-state index contributed by atoms with van der Waals surface area (Å²) in [5.74, 6) is -0.0401. The topological polar surface area (TPSA) is 134 Å². The van der Waals surface area contributed by atoms with Crippen molar-refractivity contribution < 1.29 is 21.8 Å². The first-order valence-corrected chi connectivity index (χ1v) is 12.6. The van der Waals surface area contributed by atoms with E-state index in [2.05, 4.69) is 10.3 Å². The van der Waals surface area contributed by atoms with Crippen molar-refractivity contribution in [3.8, 4) is 5.75 Å². The van der Waals surface area contributed by atoms with Crippen LogP contribution in [0.2, 0.25) is 0 Å². The number of aromatic nitrogens is 4. The van der Waals surface area contributed by atoms with Gasteiger partial charge in [0.15, 0.2) is 11.2 Å². The van der Waals surface area contributed by atoms with Crippen LogP contribution in [0.3, 0.4) is 0 Å². The van der Waals surface area contributed by atoms with Crippen LogP contribution in [0.15, 0.2) is 57.1 Å². The van der Waals surface area contributed by atoms with Crippen LogP contribution in [-0.2, 0) is 23.3 Å². The molecule has 11 nitrogen and oxygen atoms in total. The first-order valence-electron chi connectivity index (χ1n) is 11.2. The van der Waals surface area contributed by atoms with Crippen molar-refractivity contribution >= 4 is 32.9 Å². The van der Waals surface area contributed by atoms with Gasteiger partial charge in [0.05, 0.1) is 12.0 Å². The number of aryl methyl sites for hydroxylation is 1. The molecule has 0 radical (unpaired) electrons. The fourth-order valence-corrected chi connectivity index (χ4v) is 4.44. The Hall–Kier alpha value is -4.00. The minimum atomic E-state index is -4.94. The van der Waals surface area contributed by atoms with E-state index in [0.29, 0.717) is 24.2 Å². The predicted octanol–water partition coefficient (Wildman–Crippen LogP) is 1.71. The molecular weight excluding hydrogens is 493 g/mol. The first kappa shape index (κ1) is 25.1. The van der Waals surface area contributed by atoms with Crippen molar-refractivity contribution in [2.75, 3.05) is 13.7 Å². The Morgan fingerprint density at radius 2 is 1.92 bits per heavy atom. The molecule has 0 fully saturated rings. The number of fused-ring (bicyclic) bond motifs is 3. The number of carbonyl (C=O) groups excluding carboxylic acids is 1. The molecule has 0 bridgehead atoms. The smallest absolute Gasteiger partial charge is 0.332 e.